The van der Waals surface area contributed by atoms with E-state index in [-0.39, 0.29) is 25.4 Å². The number of phosphoric acid groups is 3. The van der Waals surface area contributed by atoms with Crippen molar-refractivity contribution in [3.63, 3.8) is 0 Å². The number of aromatic nitrogens is 6. The topological polar surface area (TPSA) is 415 Å². The number of ether oxygens (including phenoxy) is 2. The van der Waals surface area contributed by atoms with E-state index >= 15 is 0 Å². The van der Waals surface area contributed by atoms with Crippen molar-refractivity contribution in [3.8, 4) is 0 Å². The van der Waals surface area contributed by atoms with Crippen molar-refractivity contribution in [1.29, 1.82) is 0 Å². The molecule has 31 nitrogen and oxygen atoms in total. The molecule has 5 rings (SSSR count). The number of nitrogens with zero attached hydrogens (tertiary/aromatic N) is 9. The molecule has 2 aliphatic rings. The number of aliphatic hydroxyl groups is 4. The number of imidazole rings is 1. The Hall–Kier alpha value is -2.55. The summed E-state index contributed by atoms with van der Waals surface area (Å²) < 4.78 is 70.8. The Balaban J connectivity index is 0.00000158. The van der Waals surface area contributed by atoms with Gasteiger partial charge in [-0.3, -0.25) is 28.0 Å². The number of aliphatic hydroxyl groups excluding tert-OH is 4. The van der Waals surface area contributed by atoms with Gasteiger partial charge in [0.2, 0.25) is 0 Å². The Morgan fingerprint density at radius 3 is 1.12 bits per heavy atom. The highest BCUT2D eigenvalue weighted by molar-refractivity contribution is 7.67. The molecule has 3 aromatic heterocycles. The van der Waals surface area contributed by atoms with Crippen molar-refractivity contribution in [3.05, 3.63) is 45.8 Å². The van der Waals surface area contributed by atoms with Gasteiger partial charge in [0, 0.05) is 20.7 Å². The van der Waals surface area contributed by atoms with Crippen LogP contribution in [-0.4, -0.2) is 225 Å². The first-order valence-corrected chi connectivity index (χ1v) is 43.3. The van der Waals surface area contributed by atoms with Crippen LogP contribution in [0.1, 0.15) is 250 Å². The minimum Gasteiger partial charge on any atom is -0.387 e. The molecular formula is C67H135BN11O20P4. The van der Waals surface area contributed by atoms with Crippen molar-refractivity contribution >= 4 is 57.5 Å². The third kappa shape index (κ3) is 42.3. The molecule has 0 aliphatic carbocycles. The SMILES string of the molecule is CCCCN(CCCC)CCCC.CCCCN(CCCC)CCCC.CCCCN(CCCC)CCCC.CCCCN(CCCC)CCCC.Nc1ncnc2c1ncn2[C@@H]1O[C@H](COP(=O)(O)OP(=O)(O)OP(O)OP(=O)(O)OC[C@H]2O[C@@H](n3ccc(=O)[nH]c3=O)[C@H](O)[C@@H]2O)[C@@H](O)[C@H]1O.[B]. The van der Waals surface area contributed by atoms with Gasteiger partial charge in [0.1, 0.15) is 48.5 Å². The van der Waals surface area contributed by atoms with Crippen molar-refractivity contribution in [2.45, 2.75) is 286 Å². The van der Waals surface area contributed by atoms with Gasteiger partial charge in [-0.25, -0.2) is 42.1 Å². The zero-order valence-corrected chi connectivity index (χ0v) is 67.8. The minimum absolute atomic E-state index is 0. The minimum atomic E-state index is -5.86. The second kappa shape index (κ2) is 58.4. The average molecular weight is 1550 g/mol. The molecule has 2 saturated heterocycles. The van der Waals surface area contributed by atoms with Crippen molar-refractivity contribution in [2.24, 2.45) is 0 Å². The molecule has 0 amide bonds. The molecular weight excluding hydrogens is 1410 g/mol. The number of nitrogen functional groups attached to an aromatic ring is 1. The molecule has 0 bridgehead atoms. The molecule has 0 aromatic carbocycles. The Bertz CT molecular complexity index is 2690. The number of fused-ring (bicyclic) bond motifs is 1. The van der Waals surface area contributed by atoms with Crippen molar-refractivity contribution in [1.82, 2.24) is 48.7 Å². The van der Waals surface area contributed by atoms with E-state index < -0.39 is 106 Å². The van der Waals surface area contributed by atoms with E-state index in [0.717, 1.165) is 24.9 Å². The van der Waals surface area contributed by atoms with Crippen LogP contribution < -0.4 is 17.0 Å². The van der Waals surface area contributed by atoms with Gasteiger partial charge in [-0.1, -0.05) is 160 Å². The maximum Gasteiger partial charge on any atom is 0.488 e. The number of anilines is 1. The third-order valence-corrected chi connectivity index (χ3v) is 22.1. The smallest absolute Gasteiger partial charge is 0.387 e. The second-order valence-electron chi connectivity index (χ2n) is 25.8. The summed E-state index contributed by atoms with van der Waals surface area (Å²) in [7, 11) is -20.8. The van der Waals surface area contributed by atoms with Gasteiger partial charge in [-0.2, -0.15) is 4.31 Å². The molecule has 3 aromatic rings. The molecule has 0 spiro atoms. The fraction of sp³-hybridized carbons (Fsp3) is 0.866. The number of phosphoric ester groups is 2. The summed E-state index contributed by atoms with van der Waals surface area (Å²) in [4.78, 5) is 86.8. The number of nitrogens with two attached hydrogens (primary N) is 1. The molecule has 0 saturated carbocycles. The van der Waals surface area contributed by atoms with Crippen LogP contribution in [-0.2, 0) is 45.1 Å². The second-order valence-corrected chi connectivity index (χ2v) is 31.5. The van der Waals surface area contributed by atoms with Crippen LogP contribution in [0.2, 0.25) is 0 Å². The number of hydrogen-bond acceptors (Lipinski definition) is 25. The molecule has 103 heavy (non-hydrogen) atoms. The van der Waals surface area contributed by atoms with Gasteiger partial charge < -0.3 is 74.8 Å². The maximum absolute atomic E-state index is 12.3. The van der Waals surface area contributed by atoms with Crippen LogP contribution in [0.15, 0.2) is 34.5 Å². The van der Waals surface area contributed by atoms with Gasteiger partial charge in [0.05, 0.1) is 19.5 Å². The Kier molecular flexibility index (Phi) is 57.0. The summed E-state index contributed by atoms with van der Waals surface area (Å²) >= 11 is 0. The van der Waals surface area contributed by atoms with Crippen molar-refractivity contribution < 1.29 is 85.1 Å². The summed E-state index contributed by atoms with van der Waals surface area (Å²) in [6, 6.07) is 0.909. The molecule has 2 fully saturated rings. The highest BCUT2D eigenvalue weighted by atomic mass is 31.3. The third-order valence-electron chi connectivity index (χ3n) is 16.8. The van der Waals surface area contributed by atoms with Crippen LogP contribution in [0.4, 0.5) is 5.82 Å². The van der Waals surface area contributed by atoms with E-state index in [4.69, 9.17) is 15.2 Å². The molecule has 12 atom stereocenters. The first kappa shape index (κ1) is 100. The zero-order valence-electron chi connectivity index (χ0n) is 64.2. The predicted molar refractivity (Wildman–Crippen MR) is 407 cm³/mol. The van der Waals surface area contributed by atoms with E-state index in [9.17, 15) is 63.3 Å². The van der Waals surface area contributed by atoms with Gasteiger partial charge >= 0.3 is 37.8 Å². The van der Waals surface area contributed by atoms with Crippen LogP contribution in [0, 0.1) is 0 Å². The fourth-order valence-corrected chi connectivity index (χ4v) is 14.8. The van der Waals surface area contributed by atoms with E-state index in [0.29, 0.717) is 4.57 Å². The average Bonchev–Trinajstić information content (AvgIpc) is 1.63. The normalized spacial score (nSPS) is 20.8. The number of hydrogen-bond donors (Lipinski definition) is 10. The maximum atomic E-state index is 12.3. The number of nitrogens with one attached hydrogen (secondary N) is 1. The van der Waals surface area contributed by atoms with Crippen LogP contribution in [0.5, 0.6) is 0 Å². The molecule has 601 valence electrons. The molecule has 36 heteroatoms. The number of aromatic amines is 1. The number of H-pyrrole nitrogens is 1. The Labute approximate surface area is 618 Å². The van der Waals surface area contributed by atoms with Crippen LogP contribution >= 0.6 is 32.1 Å². The number of rotatable bonds is 50. The van der Waals surface area contributed by atoms with Gasteiger partial charge in [-0.05, 0) is 156 Å². The van der Waals surface area contributed by atoms with Gasteiger partial charge in [0.25, 0.3) is 5.56 Å². The highest BCUT2D eigenvalue weighted by Gasteiger charge is 2.48. The summed E-state index contributed by atoms with van der Waals surface area (Å²) in [5.41, 5.74) is 4.16. The highest BCUT2D eigenvalue weighted by Crippen LogP contribution is 2.68. The summed E-state index contributed by atoms with van der Waals surface area (Å²) in [6.45, 7) is 41.0. The van der Waals surface area contributed by atoms with Crippen LogP contribution in [0.25, 0.3) is 11.2 Å². The van der Waals surface area contributed by atoms with Crippen molar-refractivity contribution in [2.75, 3.05) is 97.5 Å². The lowest BCUT2D eigenvalue weighted by molar-refractivity contribution is -0.0541. The first-order chi connectivity index (χ1) is 48.7. The van der Waals surface area contributed by atoms with E-state index in [1.165, 1.54) is 237 Å². The van der Waals surface area contributed by atoms with Crippen LogP contribution in [0.3, 0.4) is 0 Å². The van der Waals surface area contributed by atoms with E-state index in [1.807, 2.05) is 4.98 Å². The van der Waals surface area contributed by atoms with E-state index in [1.54, 1.807) is 0 Å². The quantitative estimate of drug-likeness (QED) is 0.0185. The molecule has 3 radical (unpaired) electrons. The number of unbranched alkanes of at least 4 members (excludes halogenated alkanes) is 12. The summed E-state index contributed by atoms with van der Waals surface area (Å²) in [6.07, 6.45) is 22.4. The molecule has 11 N–H and O–H groups in total. The van der Waals surface area contributed by atoms with Gasteiger partial charge in [0.15, 0.2) is 23.9 Å². The Morgan fingerprint density at radius 1 is 0.485 bits per heavy atom. The lowest BCUT2D eigenvalue weighted by Crippen LogP contribution is -2.37. The lowest BCUT2D eigenvalue weighted by atomic mass is 10.1. The summed E-state index contributed by atoms with van der Waals surface area (Å²) in [5, 5.41) is 41.3. The largest absolute Gasteiger partial charge is 0.488 e. The molecule has 2 aliphatic heterocycles. The predicted octanol–water partition coefficient (Wildman–Crippen LogP) is 11.2. The zero-order chi connectivity index (χ0) is 76.5. The molecule has 4 unspecified atom stereocenters. The molecule has 5 heterocycles. The Morgan fingerprint density at radius 2 is 0.796 bits per heavy atom. The van der Waals surface area contributed by atoms with Gasteiger partial charge in [-0.15, -0.1) is 0 Å². The first-order valence-electron chi connectivity index (χ1n) is 37.7. The summed E-state index contributed by atoms with van der Waals surface area (Å²) in [5.74, 6) is -0.000470. The fourth-order valence-electron chi connectivity index (χ4n) is 10.5. The standard InChI is InChI=1S/C19H27N7O20P4.4C12H27N.B/c20-15-10-16(22-5-21-15)26(6-23-10)18-14(31)12(29)8(43-18)4-41-49(36,37)46-50(38,39)45-47(33)44-48(34,35)40-3-7-11(28)13(30)17(42-7)25-2-1-9(27)24-19(25)32;4*1-4-7-10-13(11-8-5-2)12-9-6-3;/h1-2,5-8,11-14,17-18,28-31,33H,3-4H2,(H,34,35)(H,36,37)(H,38,39)(H2,20,21,22)(H,24,27,32);4*4-12H2,1-3H3;/t7-,8-,11-,12-,13-,14-,17-,18-,47?;;;;;/m1...../s1. The monoisotopic (exact) mass is 1550 g/mol. The van der Waals surface area contributed by atoms with E-state index in [2.05, 4.69) is 140 Å². The lowest BCUT2D eigenvalue weighted by Gasteiger charge is -2.21.